The number of anilines is 2. The van der Waals surface area contributed by atoms with E-state index in [1.165, 1.54) is 19.3 Å². The fourth-order valence-electron chi connectivity index (χ4n) is 2.21. The number of aromatic nitrogens is 3. The van der Waals surface area contributed by atoms with Crippen molar-refractivity contribution in [2.24, 2.45) is 5.92 Å². The van der Waals surface area contributed by atoms with Crippen molar-refractivity contribution in [1.82, 2.24) is 15.0 Å². The summed E-state index contributed by atoms with van der Waals surface area (Å²) in [4.78, 5) is 14.9. The normalized spacial score (nSPS) is 15.5. The van der Waals surface area contributed by atoms with E-state index in [0.29, 0.717) is 31.0 Å². The summed E-state index contributed by atoms with van der Waals surface area (Å²) in [6.07, 6.45) is 3.62. The average molecular weight is 314 g/mol. The molecule has 0 spiro atoms. The lowest BCUT2D eigenvalue weighted by Gasteiger charge is -2.26. The third kappa shape index (κ3) is 5.63. The molecule has 0 saturated carbocycles. The predicted molar refractivity (Wildman–Crippen MR) is 85.0 cm³/mol. The molecule has 1 aliphatic rings. The van der Waals surface area contributed by atoms with Gasteiger partial charge in [-0.3, -0.25) is 0 Å². The molecule has 1 aliphatic heterocycles. The fourth-order valence-corrected chi connectivity index (χ4v) is 2.36. The van der Waals surface area contributed by atoms with Crippen molar-refractivity contribution in [3.63, 3.8) is 0 Å². The Labute approximate surface area is 131 Å². The quantitative estimate of drug-likeness (QED) is 0.781. The highest BCUT2D eigenvalue weighted by Gasteiger charge is 2.15. The summed E-state index contributed by atoms with van der Waals surface area (Å²) < 4.78 is 5.52. The molecule has 0 amide bonds. The van der Waals surface area contributed by atoms with E-state index in [4.69, 9.17) is 16.3 Å². The molecule has 118 valence electrons. The molecule has 1 aromatic heterocycles. The van der Waals surface area contributed by atoms with Gasteiger partial charge in [0.1, 0.15) is 0 Å². The molecule has 0 bridgehead atoms. The Balaban J connectivity index is 1.86. The van der Waals surface area contributed by atoms with Crippen molar-refractivity contribution >= 4 is 23.5 Å². The topological polar surface area (TPSA) is 63.2 Å². The van der Waals surface area contributed by atoms with Gasteiger partial charge in [-0.15, -0.1) is 0 Å². The first-order chi connectivity index (χ1) is 10.1. The fraction of sp³-hybridized carbons (Fsp3) is 0.786. The molecule has 2 heterocycles. The maximum atomic E-state index is 5.99. The van der Waals surface area contributed by atoms with Crippen molar-refractivity contribution in [1.29, 1.82) is 0 Å². The number of rotatable bonds is 7. The van der Waals surface area contributed by atoms with Gasteiger partial charge in [-0.05, 0) is 36.8 Å². The number of hydrogen-bond donors (Lipinski definition) is 1. The smallest absolute Gasteiger partial charge is 0.231 e. The van der Waals surface area contributed by atoms with Crippen LogP contribution in [0.4, 0.5) is 11.9 Å². The van der Waals surface area contributed by atoms with Crippen LogP contribution in [0.15, 0.2) is 0 Å². The minimum atomic E-state index is 0.233. The molecule has 0 atom stereocenters. The van der Waals surface area contributed by atoms with Gasteiger partial charge in [-0.1, -0.05) is 13.8 Å². The van der Waals surface area contributed by atoms with E-state index < -0.39 is 0 Å². The second-order valence-corrected chi connectivity index (χ2v) is 6.01. The lowest BCUT2D eigenvalue weighted by atomic mass is 10.1. The minimum Gasteiger partial charge on any atom is -0.379 e. The third-order valence-corrected chi connectivity index (χ3v) is 3.38. The lowest BCUT2D eigenvalue weighted by molar-refractivity contribution is 0.118. The van der Waals surface area contributed by atoms with Crippen LogP contribution in [0.5, 0.6) is 0 Å². The van der Waals surface area contributed by atoms with Crippen molar-refractivity contribution in [2.75, 3.05) is 43.1 Å². The molecular formula is C14H24ClN5O. The summed E-state index contributed by atoms with van der Waals surface area (Å²) in [5, 5.41) is 3.37. The SMILES string of the molecule is CC(C)COCCNc1nc(Cl)nc(N2CCCCC2)n1. The molecule has 1 aromatic rings. The molecule has 1 saturated heterocycles. The lowest BCUT2D eigenvalue weighted by Crippen LogP contribution is -2.31. The number of nitrogens with zero attached hydrogens (tertiary/aromatic N) is 4. The molecule has 7 heteroatoms. The number of piperidine rings is 1. The first kappa shape index (κ1) is 16.2. The van der Waals surface area contributed by atoms with Crippen molar-refractivity contribution < 1.29 is 4.74 Å². The van der Waals surface area contributed by atoms with E-state index in [9.17, 15) is 0 Å². The van der Waals surface area contributed by atoms with Crippen molar-refractivity contribution in [3.05, 3.63) is 5.28 Å². The van der Waals surface area contributed by atoms with Crippen LogP contribution in [0.2, 0.25) is 5.28 Å². The zero-order valence-corrected chi connectivity index (χ0v) is 13.6. The van der Waals surface area contributed by atoms with E-state index in [1.807, 2.05) is 0 Å². The number of halogens is 1. The molecule has 0 aliphatic carbocycles. The van der Waals surface area contributed by atoms with Gasteiger partial charge in [0, 0.05) is 26.2 Å². The molecule has 2 rings (SSSR count). The zero-order chi connectivity index (χ0) is 15.1. The van der Waals surface area contributed by atoms with Crippen LogP contribution in [-0.4, -0.2) is 47.8 Å². The van der Waals surface area contributed by atoms with Gasteiger partial charge in [0.15, 0.2) is 0 Å². The number of nitrogens with one attached hydrogen (secondary N) is 1. The number of hydrogen-bond acceptors (Lipinski definition) is 6. The maximum absolute atomic E-state index is 5.99. The van der Waals surface area contributed by atoms with Crippen LogP contribution in [0.25, 0.3) is 0 Å². The van der Waals surface area contributed by atoms with Crippen molar-refractivity contribution in [3.8, 4) is 0 Å². The van der Waals surface area contributed by atoms with Gasteiger partial charge in [0.25, 0.3) is 0 Å². The standard InChI is InChI=1S/C14H24ClN5O/c1-11(2)10-21-9-6-16-13-17-12(15)18-14(19-13)20-7-4-3-5-8-20/h11H,3-10H2,1-2H3,(H,16,17,18,19). The van der Waals surface area contributed by atoms with E-state index in [1.54, 1.807) is 0 Å². The molecule has 0 unspecified atom stereocenters. The minimum absolute atomic E-state index is 0.233. The highest BCUT2D eigenvalue weighted by Crippen LogP contribution is 2.18. The van der Waals surface area contributed by atoms with Crippen LogP contribution < -0.4 is 10.2 Å². The predicted octanol–water partition coefficient (Wildman–Crippen LogP) is 2.60. The van der Waals surface area contributed by atoms with Gasteiger partial charge >= 0.3 is 0 Å². The summed E-state index contributed by atoms with van der Waals surface area (Å²) in [7, 11) is 0. The van der Waals surface area contributed by atoms with E-state index >= 15 is 0 Å². The van der Waals surface area contributed by atoms with Gasteiger partial charge in [-0.2, -0.15) is 15.0 Å². The van der Waals surface area contributed by atoms with Crippen LogP contribution in [0.1, 0.15) is 33.1 Å². The summed E-state index contributed by atoms with van der Waals surface area (Å²) in [5.74, 6) is 1.73. The molecule has 21 heavy (non-hydrogen) atoms. The van der Waals surface area contributed by atoms with E-state index in [-0.39, 0.29) is 5.28 Å². The van der Waals surface area contributed by atoms with Crippen LogP contribution in [0, 0.1) is 5.92 Å². The second-order valence-electron chi connectivity index (χ2n) is 5.67. The second kappa shape index (κ2) is 8.34. The van der Waals surface area contributed by atoms with Crippen LogP contribution >= 0.6 is 11.6 Å². The highest BCUT2D eigenvalue weighted by molar-refractivity contribution is 6.28. The van der Waals surface area contributed by atoms with Gasteiger partial charge in [-0.25, -0.2) is 0 Å². The maximum Gasteiger partial charge on any atom is 0.231 e. The summed E-state index contributed by atoms with van der Waals surface area (Å²) in [6, 6.07) is 0. The van der Waals surface area contributed by atoms with Gasteiger partial charge in [0.2, 0.25) is 17.2 Å². The van der Waals surface area contributed by atoms with Crippen LogP contribution in [0.3, 0.4) is 0 Å². The molecule has 1 N–H and O–H groups in total. The van der Waals surface area contributed by atoms with E-state index in [2.05, 4.69) is 39.0 Å². The first-order valence-electron chi connectivity index (χ1n) is 7.63. The summed E-state index contributed by atoms with van der Waals surface area (Å²) in [5.41, 5.74) is 0. The largest absolute Gasteiger partial charge is 0.379 e. The Kier molecular flexibility index (Phi) is 6.45. The Hall–Kier alpha value is -1.14. The van der Waals surface area contributed by atoms with Gasteiger partial charge in [0.05, 0.1) is 6.61 Å². The Morgan fingerprint density at radius 1 is 1.19 bits per heavy atom. The third-order valence-electron chi connectivity index (χ3n) is 3.22. The Morgan fingerprint density at radius 3 is 2.67 bits per heavy atom. The van der Waals surface area contributed by atoms with E-state index in [0.717, 1.165) is 19.7 Å². The Bertz CT molecular complexity index is 437. The van der Waals surface area contributed by atoms with Gasteiger partial charge < -0.3 is 15.0 Å². The molecule has 0 radical (unpaired) electrons. The monoisotopic (exact) mass is 313 g/mol. The Morgan fingerprint density at radius 2 is 1.95 bits per heavy atom. The zero-order valence-electron chi connectivity index (χ0n) is 12.8. The summed E-state index contributed by atoms with van der Waals surface area (Å²) in [6.45, 7) is 8.27. The molecular weight excluding hydrogens is 290 g/mol. The molecule has 0 aromatic carbocycles. The molecule has 1 fully saturated rings. The summed E-state index contributed by atoms with van der Waals surface area (Å²) >= 11 is 5.99. The van der Waals surface area contributed by atoms with Crippen molar-refractivity contribution in [2.45, 2.75) is 33.1 Å². The number of ether oxygens (including phenoxy) is 1. The molecule has 6 nitrogen and oxygen atoms in total. The average Bonchev–Trinajstić information content (AvgIpc) is 2.47. The highest BCUT2D eigenvalue weighted by atomic mass is 35.5. The van der Waals surface area contributed by atoms with Crippen LogP contribution in [-0.2, 0) is 4.74 Å². The first-order valence-corrected chi connectivity index (χ1v) is 8.01.